The summed E-state index contributed by atoms with van der Waals surface area (Å²) in [5, 5.41) is 4.26. The van der Waals surface area contributed by atoms with Gasteiger partial charge in [-0.25, -0.2) is 0 Å². The standard InChI is InChI=1S/C16H21N2OP.C14H15Cl3O/c1-5-10(2)8-15(20)12(4)18-16(19)14-9-13(17)7-6-11(14)3;1-8-5-10(7-11(15)6-8)13(4)12(3,9(2)18)14(13,16)17/h5-9H,4,17,20H2,1-3H3,(H,18,19);5-7H,1-4H3/b10-5-,15-8+;/t;12-,13-/m.0/s1. The van der Waals surface area contributed by atoms with Crippen LogP contribution < -0.4 is 11.1 Å². The van der Waals surface area contributed by atoms with Gasteiger partial charge >= 0.3 is 0 Å². The number of alkyl halides is 2. The van der Waals surface area contributed by atoms with Crippen molar-refractivity contribution in [2.45, 2.75) is 58.2 Å². The van der Waals surface area contributed by atoms with Crippen molar-refractivity contribution in [3.8, 4) is 0 Å². The lowest BCUT2D eigenvalue weighted by Crippen LogP contribution is -2.23. The largest absolute Gasteiger partial charge is 0.399 e. The zero-order valence-electron chi connectivity index (χ0n) is 22.9. The van der Waals surface area contributed by atoms with E-state index in [-0.39, 0.29) is 11.7 Å². The van der Waals surface area contributed by atoms with Crippen molar-refractivity contribution < 1.29 is 9.59 Å². The molecule has 0 radical (unpaired) electrons. The minimum absolute atomic E-state index is 0.00683. The van der Waals surface area contributed by atoms with E-state index in [1.165, 1.54) is 6.92 Å². The Balaban J connectivity index is 0.000000268. The molecule has 3 rings (SSSR count). The number of halogens is 3. The third-order valence-corrected chi connectivity index (χ3v) is 9.72. The van der Waals surface area contributed by atoms with Gasteiger partial charge in [0.1, 0.15) is 10.1 Å². The molecule has 1 amide bonds. The Kier molecular flexibility index (Phi) is 10.1. The number of benzene rings is 2. The predicted octanol–water partition coefficient (Wildman–Crippen LogP) is 8.23. The van der Waals surface area contributed by atoms with Crippen LogP contribution in [0.4, 0.5) is 5.69 Å². The Hall–Kier alpha value is -2.10. The quantitative estimate of drug-likeness (QED) is 0.153. The lowest BCUT2D eigenvalue weighted by Gasteiger charge is -2.16. The Morgan fingerprint density at radius 3 is 2.18 bits per heavy atom. The number of aryl methyl sites for hydroxylation is 2. The van der Waals surface area contributed by atoms with E-state index in [4.69, 9.17) is 40.5 Å². The fraction of sp³-hybridized carbons (Fsp3) is 0.333. The lowest BCUT2D eigenvalue weighted by atomic mass is 9.86. The Labute approximate surface area is 243 Å². The van der Waals surface area contributed by atoms with Crippen LogP contribution >= 0.6 is 44.0 Å². The fourth-order valence-corrected chi connectivity index (χ4v) is 6.21. The Morgan fingerprint density at radius 2 is 1.68 bits per heavy atom. The number of Topliss-reactive ketones (excluding diaryl/α,β-unsaturated/α-hetero) is 1. The molecule has 2 aromatic carbocycles. The van der Waals surface area contributed by atoms with Crippen LogP contribution in [0.5, 0.6) is 0 Å². The van der Waals surface area contributed by atoms with Crippen molar-refractivity contribution in [1.82, 2.24) is 5.32 Å². The van der Waals surface area contributed by atoms with E-state index < -0.39 is 15.2 Å². The maximum atomic E-state index is 12.2. The first-order chi connectivity index (χ1) is 17.4. The van der Waals surface area contributed by atoms with Gasteiger partial charge in [0.25, 0.3) is 5.91 Å². The number of amides is 1. The fourth-order valence-electron chi connectivity index (χ4n) is 4.44. The molecule has 3 atom stereocenters. The van der Waals surface area contributed by atoms with Crippen LogP contribution in [0, 0.1) is 19.3 Å². The summed E-state index contributed by atoms with van der Waals surface area (Å²) in [5.74, 6) is -0.209. The van der Waals surface area contributed by atoms with Crippen LogP contribution in [0.1, 0.15) is 61.7 Å². The van der Waals surface area contributed by atoms with E-state index >= 15 is 0 Å². The van der Waals surface area contributed by atoms with Crippen LogP contribution in [0.25, 0.3) is 0 Å². The highest BCUT2D eigenvalue weighted by Gasteiger charge is 2.84. The number of carbonyl (C=O) groups excluding carboxylic acids is 2. The first-order valence-corrected chi connectivity index (χ1v) is 13.8. The minimum Gasteiger partial charge on any atom is -0.399 e. The van der Waals surface area contributed by atoms with Gasteiger partial charge < -0.3 is 11.1 Å². The molecule has 0 bridgehead atoms. The molecule has 38 heavy (non-hydrogen) atoms. The van der Waals surface area contributed by atoms with Gasteiger partial charge in [0.2, 0.25) is 0 Å². The molecule has 0 aliphatic heterocycles. The Morgan fingerprint density at radius 1 is 1.08 bits per heavy atom. The highest BCUT2D eigenvalue weighted by Crippen LogP contribution is 2.78. The third-order valence-electron chi connectivity index (χ3n) is 7.47. The van der Waals surface area contributed by atoms with Crippen molar-refractivity contribution in [2.75, 3.05) is 5.73 Å². The first kappa shape index (κ1) is 32.1. The second-order valence-electron chi connectivity index (χ2n) is 10.0. The highest BCUT2D eigenvalue weighted by atomic mass is 35.5. The van der Waals surface area contributed by atoms with E-state index in [0.29, 0.717) is 22.0 Å². The number of hydrogen-bond donors (Lipinski definition) is 2. The molecule has 8 heteroatoms. The highest BCUT2D eigenvalue weighted by molar-refractivity contribution is 7.23. The maximum absolute atomic E-state index is 12.2. The molecule has 204 valence electrons. The monoisotopic (exact) mass is 592 g/mol. The zero-order chi connectivity index (χ0) is 29.2. The molecule has 3 N–H and O–H groups in total. The van der Waals surface area contributed by atoms with Gasteiger partial charge in [-0.1, -0.05) is 78.2 Å². The van der Waals surface area contributed by atoms with Crippen molar-refractivity contribution in [1.29, 1.82) is 0 Å². The topological polar surface area (TPSA) is 72.2 Å². The van der Waals surface area contributed by atoms with Crippen molar-refractivity contribution >= 4 is 61.4 Å². The minimum atomic E-state index is -1.09. The summed E-state index contributed by atoms with van der Waals surface area (Å²) in [5.41, 5.74) is 9.94. The molecule has 0 heterocycles. The molecule has 2 aromatic rings. The number of hydrogen-bond acceptors (Lipinski definition) is 3. The Bertz CT molecular complexity index is 1330. The van der Waals surface area contributed by atoms with E-state index in [1.54, 1.807) is 12.1 Å². The molecule has 0 spiro atoms. The van der Waals surface area contributed by atoms with E-state index in [9.17, 15) is 9.59 Å². The zero-order valence-corrected chi connectivity index (χ0v) is 26.4. The van der Waals surface area contributed by atoms with Gasteiger partial charge in [0, 0.05) is 27.4 Å². The van der Waals surface area contributed by atoms with Crippen LogP contribution in [0.15, 0.2) is 71.7 Å². The normalized spacial score (nSPS) is 22.2. The number of nitrogen functional groups attached to an aromatic ring is 1. The second kappa shape index (κ2) is 12.0. The summed E-state index contributed by atoms with van der Waals surface area (Å²) < 4.78 is -1.09. The summed E-state index contributed by atoms with van der Waals surface area (Å²) in [6, 6.07) is 11.0. The molecule has 1 fully saturated rings. The van der Waals surface area contributed by atoms with Crippen LogP contribution in [0.2, 0.25) is 5.02 Å². The van der Waals surface area contributed by atoms with E-state index in [1.807, 2.05) is 78.0 Å². The third kappa shape index (κ3) is 6.05. The number of ketones is 1. The van der Waals surface area contributed by atoms with Crippen LogP contribution in [0.3, 0.4) is 0 Å². The van der Waals surface area contributed by atoms with Gasteiger partial charge in [-0.2, -0.15) is 0 Å². The molecule has 1 saturated carbocycles. The summed E-state index contributed by atoms with van der Waals surface area (Å²) >= 11 is 18.9. The molecule has 1 unspecified atom stereocenters. The van der Waals surface area contributed by atoms with Gasteiger partial charge in [0.15, 0.2) is 0 Å². The predicted molar refractivity (Wildman–Crippen MR) is 166 cm³/mol. The van der Waals surface area contributed by atoms with Crippen molar-refractivity contribution in [3.63, 3.8) is 0 Å². The molecule has 0 saturated heterocycles. The lowest BCUT2D eigenvalue weighted by molar-refractivity contribution is -0.122. The summed E-state index contributed by atoms with van der Waals surface area (Å²) in [6.07, 6.45) is 3.93. The number of allylic oxidation sites excluding steroid dienone is 4. The van der Waals surface area contributed by atoms with E-state index in [0.717, 1.165) is 27.6 Å². The van der Waals surface area contributed by atoms with Crippen molar-refractivity contribution in [3.05, 3.63) is 99.0 Å². The van der Waals surface area contributed by atoms with Gasteiger partial charge in [-0.05, 0) is 87.8 Å². The van der Waals surface area contributed by atoms with Gasteiger partial charge in [-0.15, -0.1) is 9.24 Å². The van der Waals surface area contributed by atoms with Crippen LogP contribution in [-0.2, 0) is 10.2 Å². The van der Waals surface area contributed by atoms with Crippen molar-refractivity contribution in [2.24, 2.45) is 5.41 Å². The molecule has 1 aliphatic carbocycles. The van der Waals surface area contributed by atoms with Crippen LogP contribution in [-0.4, -0.2) is 16.0 Å². The number of nitrogens with two attached hydrogens (primary N) is 1. The average molecular weight is 594 g/mol. The maximum Gasteiger partial charge on any atom is 0.256 e. The number of nitrogens with one attached hydrogen (secondary N) is 1. The molecule has 1 aliphatic rings. The smallest absolute Gasteiger partial charge is 0.256 e. The number of rotatable bonds is 6. The van der Waals surface area contributed by atoms with Gasteiger partial charge in [-0.3, -0.25) is 9.59 Å². The number of anilines is 1. The summed E-state index contributed by atoms with van der Waals surface area (Å²) in [6.45, 7) is 16.9. The first-order valence-electron chi connectivity index (χ1n) is 12.1. The van der Waals surface area contributed by atoms with E-state index in [2.05, 4.69) is 21.1 Å². The molecular formula is C30H36Cl3N2O2P. The SMILES string of the molecule is C=C(NC(=O)c1cc(N)ccc1C)/C(P)=C\C(C)=C/C.CC(=O)[C@]1(C)C(Cl)(Cl)[C@@]1(C)c1cc(C)cc(Cl)c1. The summed E-state index contributed by atoms with van der Waals surface area (Å²) in [4.78, 5) is 24.1. The molecule has 0 aromatic heterocycles. The summed E-state index contributed by atoms with van der Waals surface area (Å²) in [7, 11) is 2.58. The number of carbonyl (C=O) groups is 2. The second-order valence-corrected chi connectivity index (χ2v) is 12.4. The molecule has 4 nitrogen and oxygen atoms in total. The molecular weight excluding hydrogens is 558 g/mol. The average Bonchev–Trinajstić information content (AvgIpc) is 3.20. The van der Waals surface area contributed by atoms with Gasteiger partial charge in [0.05, 0.1) is 5.41 Å².